The fourth-order valence-corrected chi connectivity index (χ4v) is 5.93. The summed E-state index contributed by atoms with van der Waals surface area (Å²) in [5.41, 5.74) is 13.0. The van der Waals surface area contributed by atoms with E-state index in [1.54, 1.807) is 0 Å². The molecule has 0 unspecified atom stereocenters. The number of rotatable bonds is 0. The molecule has 0 saturated heterocycles. The highest BCUT2D eigenvalue weighted by Gasteiger charge is 1.98. The topological polar surface area (TPSA) is 0 Å². The van der Waals surface area contributed by atoms with Crippen LogP contribution in [0.5, 0.6) is 0 Å². The van der Waals surface area contributed by atoms with Crippen molar-refractivity contribution in [1.29, 1.82) is 0 Å². The maximum Gasteiger partial charge on any atom is 0.0405 e. The lowest BCUT2D eigenvalue weighted by molar-refractivity contribution is 1.56. The molecule has 0 N–H and O–H groups in total. The summed E-state index contributed by atoms with van der Waals surface area (Å²) in [6.45, 7) is 0. The van der Waals surface area contributed by atoms with Gasteiger partial charge in [0.25, 0.3) is 0 Å². The third-order valence-electron chi connectivity index (χ3n) is 9.34. The molecule has 0 aromatic heterocycles. The van der Waals surface area contributed by atoms with Crippen molar-refractivity contribution in [3.05, 3.63) is 284 Å². The molecule has 0 aliphatic carbocycles. The van der Waals surface area contributed by atoms with Gasteiger partial charge in [-0.1, -0.05) is 131 Å². The second-order valence-electron chi connectivity index (χ2n) is 13.9. The van der Waals surface area contributed by atoms with Crippen LogP contribution >= 0.6 is 0 Å². The fraction of sp³-hybridized carbons (Fsp3) is 0. The van der Waals surface area contributed by atoms with E-state index < -0.39 is 0 Å². The summed E-state index contributed by atoms with van der Waals surface area (Å²) in [6, 6.07) is 67.8. The van der Waals surface area contributed by atoms with Crippen LogP contribution in [0, 0.1) is 82.9 Å². The smallest absolute Gasteiger partial charge is 0.0405 e. The van der Waals surface area contributed by atoms with Crippen LogP contribution in [0.4, 0.5) is 0 Å². The zero-order chi connectivity index (χ0) is 42.0. The minimum Gasteiger partial charge on any atom is -0.0622 e. The maximum atomic E-state index is 3.31. The third-order valence-corrected chi connectivity index (χ3v) is 9.34. The summed E-state index contributed by atoms with van der Waals surface area (Å²) in [7, 11) is 0. The van der Waals surface area contributed by atoms with Gasteiger partial charge in [0.2, 0.25) is 0 Å². The van der Waals surface area contributed by atoms with E-state index >= 15 is 0 Å². The number of benzene rings is 8. The molecule has 0 bridgehead atoms. The molecule has 0 heterocycles. The highest BCUT2D eigenvalue weighted by Crippen LogP contribution is 2.11. The number of hydrogen-bond donors (Lipinski definition) is 0. The summed E-state index contributed by atoms with van der Waals surface area (Å²) < 4.78 is 0. The maximum absolute atomic E-state index is 3.31. The predicted octanol–water partition coefficient (Wildman–Crippen LogP) is 11.5. The van der Waals surface area contributed by atoms with Crippen LogP contribution < -0.4 is 0 Å². The average molecular weight is 779 g/mol. The van der Waals surface area contributed by atoms with Crippen molar-refractivity contribution in [2.45, 2.75) is 0 Å². The van der Waals surface area contributed by atoms with Crippen molar-refractivity contribution < 1.29 is 0 Å². The van der Waals surface area contributed by atoms with E-state index in [0.717, 1.165) is 77.9 Å². The summed E-state index contributed by atoms with van der Waals surface area (Å²) in [5, 5.41) is 0. The molecule has 0 heteroatoms. The highest BCUT2D eigenvalue weighted by atomic mass is 14.0. The monoisotopic (exact) mass is 778 g/mol. The van der Waals surface area contributed by atoms with E-state index in [-0.39, 0.29) is 0 Å². The van der Waals surface area contributed by atoms with Crippen molar-refractivity contribution in [3.8, 4) is 82.9 Å². The Balaban J connectivity index is 0.843. The first-order valence-electron chi connectivity index (χ1n) is 20.0. The lowest BCUT2D eigenvalue weighted by Gasteiger charge is -1.97. The number of hydrogen-bond acceptors (Lipinski definition) is 0. The Labute approximate surface area is 365 Å². The molecule has 0 fully saturated rings. The predicted molar refractivity (Wildman–Crippen MR) is 253 cm³/mol. The van der Waals surface area contributed by atoms with Gasteiger partial charge in [-0.25, -0.2) is 0 Å². The highest BCUT2D eigenvalue weighted by molar-refractivity contribution is 5.56. The lowest BCUT2D eigenvalue weighted by Crippen LogP contribution is -1.84. The molecular weight excluding hydrogens is 745 g/mol. The lowest BCUT2D eigenvalue weighted by atomic mass is 10.1. The quantitative estimate of drug-likeness (QED) is 0.135. The van der Waals surface area contributed by atoms with Crippen molar-refractivity contribution in [2.75, 3.05) is 0 Å². The molecule has 62 heavy (non-hydrogen) atoms. The largest absolute Gasteiger partial charge is 0.0622 e. The van der Waals surface area contributed by atoms with E-state index in [1.165, 1.54) is 0 Å². The minimum atomic E-state index is 0.874. The van der Waals surface area contributed by atoms with E-state index in [1.807, 2.05) is 206 Å². The van der Waals surface area contributed by atoms with Crippen LogP contribution in [0.1, 0.15) is 77.9 Å². The van der Waals surface area contributed by atoms with Gasteiger partial charge in [0.05, 0.1) is 0 Å². The van der Waals surface area contributed by atoms with Crippen LogP contribution in [0.2, 0.25) is 0 Å². The van der Waals surface area contributed by atoms with Crippen molar-refractivity contribution >= 4 is 0 Å². The van der Waals surface area contributed by atoms with Gasteiger partial charge in [-0.05, 0) is 158 Å². The summed E-state index contributed by atoms with van der Waals surface area (Å²) in [5.74, 6) is 45.5. The van der Waals surface area contributed by atoms with Gasteiger partial charge in [-0.15, -0.1) is 0 Å². The molecule has 8 aromatic rings. The molecule has 0 radical (unpaired) electrons. The van der Waals surface area contributed by atoms with Gasteiger partial charge in [0.15, 0.2) is 0 Å². The Morgan fingerprint density at radius 3 is 0.468 bits per heavy atom. The Morgan fingerprint density at radius 1 is 0.129 bits per heavy atom. The van der Waals surface area contributed by atoms with Crippen molar-refractivity contribution in [1.82, 2.24) is 0 Å². The van der Waals surface area contributed by atoms with Gasteiger partial charge in [0.1, 0.15) is 0 Å². The van der Waals surface area contributed by atoms with E-state index in [0.29, 0.717) is 0 Å². The zero-order valence-electron chi connectivity index (χ0n) is 33.6. The molecule has 8 aromatic carbocycles. The van der Waals surface area contributed by atoms with Gasteiger partial charge >= 0.3 is 0 Å². The molecule has 8 rings (SSSR count). The van der Waals surface area contributed by atoms with Gasteiger partial charge < -0.3 is 0 Å². The minimum absolute atomic E-state index is 0.874. The molecule has 0 spiro atoms. The Morgan fingerprint density at radius 2 is 0.274 bits per heavy atom. The molecule has 0 saturated carbocycles. The second kappa shape index (κ2) is 20.4. The molecule has 0 aliphatic rings. The first-order chi connectivity index (χ1) is 30.7. The van der Waals surface area contributed by atoms with Crippen molar-refractivity contribution in [3.63, 3.8) is 0 Å². The summed E-state index contributed by atoms with van der Waals surface area (Å²) in [4.78, 5) is 0. The zero-order valence-corrected chi connectivity index (χ0v) is 33.6. The molecule has 282 valence electrons. The molecule has 0 aliphatic heterocycles. The Hall–Kier alpha value is -9.32. The van der Waals surface area contributed by atoms with E-state index in [4.69, 9.17) is 0 Å². The fourth-order valence-electron chi connectivity index (χ4n) is 5.93. The first kappa shape index (κ1) is 39.5. The molecule has 0 amide bonds. The van der Waals surface area contributed by atoms with E-state index in [9.17, 15) is 0 Å². The molecular formula is C62H34. The first-order valence-corrected chi connectivity index (χ1v) is 20.0. The molecule has 0 nitrogen and oxygen atoms in total. The summed E-state index contributed by atoms with van der Waals surface area (Å²) >= 11 is 0. The third kappa shape index (κ3) is 11.9. The van der Waals surface area contributed by atoms with Crippen LogP contribution in [-0.4, -0.2) is 0 Å². The molecule has 0 atom stereocenters. The SMILES string of the molecule is C(#Cc1ccc(C#Cc2ccc(C#Cc3ccc(C#Cc4ccccc4C#Cc4ccc(C#Cc5ccc(C#Cc6ccccc6)cc5)cc4)cc3)cc2)cc1)c1ccccc1. The van der Waals surface area contributed by atoms with Gasteiger partial charge in [-0.3, -0.25) is 0 Å². The van der Waals surface area contributed by atoms with Crippen molar-refractivity contribution in [2.24, 2.45) is 0 Å². The summed E-state index contributed by atoms with van der Waals surface area (Å²) in [6.07, 6.45) is 0. The Bertz CT molecular complexity index is 3290. The van der Waals surface area contributed by atoms with Gasteiger partial charge in [-0.2, -0.15) is 0 Å². The average Bonchev–Trinajstić information content (AvgIpc) is 3.34. The van der Waals surface area contributed by atoms with Crippen LogP contribution in [0.3, 0.4) is 0 Å². The Kier molecular flexibility index (Phi) is 13.0. The standard InChI is InChI=1S/C62H34/c1-3-9-49(10-4-1)15-17-51-19-23-53(24-20-51)27-28-55-29-31-56(32-30-55)34-36-58-39-43-60(44-40-58)46-48-62-14-8-7-13-61(62)47-45-59-41-37-57(38-42-59)35-33-54-25-21-52(22-26-54)18-16-50-11-5-2-6-12-50/h1-14,19-26,29-32,37-44H. The van der Waals surface area contributed by atoms with Crippen LogP contribution in [-0.2, 0) is 0 Å². The van der Waals surface area contributed by atoms with Gasteiger partial charge in [0, 0.05) is 77.9 Å². The van der Waals surface area contributed by atoms with Crippen LogP contribution in [0.15, 0.2) is 206 Å². The van der Waals surface area contributed by atoms with E-state index in [2.05, 4.69) is 82.9 Å². The van der Waals surface area contributed by atoms with Crippen LogP contribution in [0.25, 0.3) is 0 Å². The second-order valence-corrected chi connectivity index (χ2v) is 13.9. The normalized spacial score (nSPS) is 9.35.